The SMILES string of the molecule is COc1cc2c(cc1OC)[C@H](c1cccc(C(F)(F)F)c1)N(C(=O)c1ccc(-c3ccccc3)cc1)CC2. The number of hydrogen-bond acceptors (Lipinski definition) is 3. The average molecular weight is 518 g/mol. The Balaban J connectivity index is 1.58. The zero-order valence-corrected chi connectivity index (χ0v) is 21.0. The van der Waals surface area contributed by atoms with Crippen molar-refractivity contribution in [3.8, 4) is 22.6 Å². The van der Waals surface area contributed by atoms with Crippen molar-refractivity contribution < 1.29 is 27.4 Å². The van der Waals surface area contributed by atoms with Crippen molar-refractivity contribution in [2.45, 2.75) is 18.6 Å². The van der Waals surface area contributed by atoms with Crippen LogP contribution in [0.5, 0.6) is 11.5 Å². The summed E-state index contributed by atoms with van der Waals surface area (Å²) in [6.45, 7) is 0.336. The molecule has 4 aromatic rings. The maximum atomic E-state index is 13.8. The highest BCUT2D eigenvalue weighted by Gasteiger charge is 2.36. The van der Waals surface area contributed by atoms with Crippen LogP contribution in [-0.2, 0) is 12.6 Å². The zero-order valence-electron chi connectivity index (χ0n) is 21.0. The first-order valence-corrected chi connectivity index (χ1v) is 12.2. The molecule has 0 saturated heterocycles. The Kier molecular flexibility index (Phi) is 6.85. The second-order valence-electron chi connectivity index (χ2n) is 9.12. The van der Waals surface area contributed by atoms with Crippen LogP contribution in [0.15, 0.2) is 91.0 Å². The van der Waals surface area contributed by atoms with Gasteiger partial charge in [0.05, 0.1) is 25.8 Å². The zero-order chi connectivity index (χ0) is 26.9. The van der Waals surface area contributed by atoms with Crippen molar-refractivity contribution in [2.75, 3.05) is 20.8 Å². The number of methoxy groups -OCH3 is 2. The summed E-state index contributed by atoms with van der Waals surface area (Å²) in [6, 6.07) is 25.1. The van der Waals surface area contributed by atoms with Gasteiger partial charge in [0.2, 0.25) is 0 Å². The summed E-state index contributed by atoms with van der Waals surface area (Å²) in [5, 5.41) is 0. The minimum atomic E-state index is -4.51. The van der Waals surface area contributed by atoms with Gasteiger partial charge in [0.1, 0.15) is 0 Å². The number of rotatable bonds is 5. The van der Waals surface area contributed by atoms with E-state index in [4.69, 9.17) is 9.47 Å². The molecule has 1 aliphatic rings. The molecule has 0 radical (unpaired) electrons. The summed E-state index contributed by atoms with van der Waals surface area (Å²) in [6.07, 6.45) is -3.98. The molecule has 1 aliphatic heterocycles. The van der Waals surface area contributed by atoms with Crippen LogP contribution in [0.3, 0.4) is 0 Å². The smallest absolute Gasteiger partial charge is 0.416 e. The number of hydrogen-bond donors (Lipinski definition) is 0. The highest BCUT2D eigenvalue weighted by molar-refractivity contribution is 5.95. The van der Waals surface area contributed by atoms with Crippen LogP contribution in [-0.4, -0.2) is 31.6 Å². The summed E-state index contributed by atoms with van der Waals surface area (Å²) < 4.78 is 51.8. The van der Waals surface area contributed by atoms with E-state index in [2.05, 4.69) is 0 Å². The molecule has 0 unspecified atom stereocenters. The number of amides is 1. The minimum absolute atomic E-state index is 0.257. The Hall–Kier alpha value is -4.26. The van der Waals surface area contributed by atoms with Gasteiger partial charge >= 0.3 is 6.18 Å². The molecule has 5 rings (SSSR count). The first-order chi connectivity index (χ1) is 18.3. The van der Waals surface area contributed by atoms with Gasteiger partial charge in [-0.2, -0.15) is 13.2 Å². The van der Waals surface area contributed by atoms with Crippen LogP contribution in [0, 0.1) is 0 Å². The molecule has 1 atom stereocenters. The number of fused-ring (bicyclic) bond motifs is 1. The van der Waals surface area contributed by atoms with Gasteiger partial charge in [-0.15, -0.1) is 0 Å². The predicted molar refractivity (Wildman–Crippen MR) is 139 cm³/mol. The normalized spacial score (nSPS) is 15.1. The van der Waals surface area contributed by atoms with Crippen molar-refractivity contribution in [1.82, 2.24) is 4.90 Å². The maximum absolute atomic E-state index is 13.8. The molecule has 0 fully saturated rings. The summed E-state index contributed by atoms with van der Waals surface area (Å²) in [4.78, 5) is 15.5. The highest BCUT2D eigenvalue weighted by Crippen LogP contribution is 2.42. The van der Waals surface area contributed by atoms with E-state index in [0.29, 0.717) is 41.2 Å². The number of ether oxygens (including phenoxy) is 2. The molecule has 4 aromatic carbocycles. The molecule has 1 amide bonds. The molecule has 0 spiro atoms. The summed E-state index contributed by atoms with van der Waals surface area (Å²) >= 11 is 0. The Morgan fingerprint density at radius 3 is 2.13 bits per heavy atom. The fourth-order valence-electron chi connectivity index (χ4n) is 5.01. The lowest BCUT2D eigenvalue weighted by Crippen LogP contribution is -2.40. The van der Waals surface area contributed by atoms with Gasteiger partial charge in [0.25, 0.3) is 5.91 Å². The highest BCUT2D eigenvalue weighted by atomic mass is 19.4. The molecule has 0 N–H and O–H groups in total. The quantitative estimate of drug-likeness (QED) is 0.282. The van der Waals surface area contributed by atoms with Crippen LogP contribution >= 0.6 is 0 Å². The molecule has 0 aromatic heterocycles. The molecule has 0 aliphatic carbocycles. The first kappa shape index (κ1) is 25.4. The van der Waals surface area contributed by atoms with E-state index >= 15 is 0 Å². The fraction of sp³-hybridized carbons (Fsp3) is 0.194. The summed E-state index contributed by atoms with van der Waals surface area (Å²) in [5.41, 5.74) is 3.68. The van der Waals surface area contributed by atoms with Gasteiger partial charge < -0.3 is 14.4 Å². The average Bonchev–Trinajstić information content (AvgIpc) is 2.95. The lowest BCUT2D eigenvalue weighted by molar-refractivity contribution is -0.137. The maximum Gasteiger partial charge on any atom is 0.416 e. The topological polar surface area (TPSA) is 38.8 Å². The number of alkyl halides is 3. The lowest BCUT2D eigenvalue weighted by atomic mass is 9.86. The Morgan fingerprint density at radius 2 is 1.47 bits per heavy atom. The third-order valence-electron chi connectivity index (χ3n) is 6.90. The molecule has 0 saturated carbocycles. The molecule has 4 nitrogen and oxygen atoms in total. The van der Waals surface area contributed by atoms with E-state index in [1.165, 1.54) is 20.3 Å². The lowest BCUT2D eigenvalue weighted by Gasteiger charge is -2.38. The largest absolute Gasteiger partial charge is 0.493 e. The first-order valence-electron chi connectivity index (χ1n) is 12.2. The van der Waals surface area contributed by atoms with Gasteiger partial charge in [0.15, 0.2) is 11.5 Å². The van der Waals surface area contributed by atoms with Crippen LogP contribution in [0.25, 0.3) is 11.1 Å². The standard InChI is InChI=1S/C31H26F3NO3/c1-37-27-18-23-15-16-35(30(36)22-13-11-21(12-14-22)20-7-4-3-5-8-20)29(26(23)19-28(27)38-2)24-9-6-10-25(17-24)31(32,33)34/h3-14,17-19,29H,15-16H2,1-2H3/t29-/m0/s1. The van der Waals surface area contributed by atoms with E-state index < -0.39 is 17.8 Å². The van der Waals surface area contributed by atoms with Crippen molar-refractivity contribution >= 4 is 5.91 Å². The number of benzene rings is 4. The Morgan fingerprint density at radius 1 is 0.816 bits per heavy atom. The fourth-order valence-corrected chi connectivity index (χ4v) is 5.01. The second-order valence-corrected chi connectivity index (χ2v) is 9.12. The monoisotopic (exact) mass is 517 g/mol. The van der Waals surface area contributed by atoms with Gasteiger partial charge in [-0.3, -0.25) is 4.79 Å². The van der Waals surface area contributed by atoms with E-state index in [1.807, 2.05) is 48.5 Å². The van der Waals surface area contributed by atoms with E-state index in [9.17, 15) is 18.0 Å². The van der Waals surface area contributed by atoms with E-state index in [1.54, 1.807) is 29.2 Å². The molecular formula is C31H26F3NO3. The third-order valence-corrected chi connectivity index (χ3v) is 6.90. The van der Waals surface area contributed by atoms with E-state index in [-0.39, 0.29) is 5.91 Å². The van der Waals surface area contributed by atoms with Crippen LogP contribution in [0.4, 0.5) is 13.2 Å². The van der Waals surface area contributed by atoms with Crippen LogP contribution < -0.4 is 9.47 Å². The van der Waals surface area contributed by atoms with Gasteiger partial charge in [-0.05, 0) is 70.6 Å². The molecule has 0 bridgehead atoms. The molecule has 1 heterocycles. The Bertz CT molecular complexity index is 1450. The molecule has 38 heavy (non-hydrogen) atoms. The van der Waals surface area contributed by atoms with Gasteiger partial charge in [0, 0.05) is 12.1 Å². The summed E-state index contributed by atoms with van der Waals surface area (Å²) in [5.74, 6) is 0.725. The molecule has 7 heteroatoms. The molecular weight excluding hydrogens is 491 g/mol. The minimum Gasteiger partial charge on any atom is -0.493 e. The predicted octanol–water partition coefficient (Wildman–Crippen LogP) is 7.18. The second kappa shape index (κ2) is 10.2. The van der Waals surface area contributed by atoms with Crippen molar-refractivity contribution in [1.29, 1.82) is 0 Å². The van der Waals surface area contributed by atoms with Gasteiger partial charge in [-0.1, -0.05) is 54.6 Å². The van der Waals surface area contributed by atoms with Crippen molar-refractivity contribution in [3.05, 3.63) is 119 Å². The van der Waals surface area contributed by atoms with Crippen molar-refractivity contribution in [2.24, 2.45) is 0 Å². The number of carbonyl (C=O) groups excluding carboxylic acids is 1. The number of halogens is 3. The van der Waals surface area contributed by atoms with Crippen molar-refractivity contribution in [3.63, 3.8) is 0 Å². The third kappa shape index (κ3) is 4.84. The molecule has 194 valence electrons. The Labute approximate surface area is 219 Å². The van der Waals surface area contributed by atoms with Crippen LogP contribution in [0.2, 0.25) is 0 Å². The summed E-state index contributed by atoms with van der Waals surface area (Å²) in [7, 11) is 3.04. The number of carbonyl (C=O) groups is 1. The number of nitrogens with zero attached hydrogens (tertiary/aromatic N) is 1. The van der Waals surface area contributed by atoms with Crippen LogP contribution in [0.1, 0.15) is 38.7 Å². The van der Waals surface area contributed by atoms with Gasteiger partial charge in [-0.25, -0.2) is 0 Å². The van der Waals surface area contributed by atoms with E-state index in [0.717, 1.165) is 28.8 Å².